The van der Waals surface area contributed by atoms with Gasteiger partial charge in [0.05, 0.1) is 5.71 Å². The van der Waals surface area contributed by atoms with Crippen LogP contribution in [0.25, 0.3) is 0 Å². The van der Waals surface area contributed by atoms with E-state index in [2.05, 4.69) is 5.16 Å². The van der Waals surface area contributed by atoms with Crippen molar-refractivity contribution in [3.63, 3.8) is 0 Å². The minimum Gasteiger partial charge on any atom is -0.411 e. The standard InChI is InChI=1S/C8H17NO3S/c1-6(13(5,11)12)7(9-10)8(2,3)4/h6,10H,1-5H3. The van der Waals surface area contributed by atoms with E-state index in [0.717, 1.165) is 6.26 Å². The van der Waals surface area contributed by atoms with Gasteiger partial charge in [-0.1, -0.05) is 25.9 Å². The molecule has 0 aliphatic heterocycles. The summed E-state index contributed by atoms with van der Waals surface area (Å²) in [5.41, 5.74) is -0.146. The summed E-state index contributed by atoms with van der Waals surface area (Å²) in [5, 5.41) is 11.0. The normalized spacial score (nSPS) is 17.2. The molecule has 1 atom stereocenters. The molecule has 0 aliphatic carbocycles. The van der Waals surface area contributed by atoms with Crippen molar-refractivity contribution in [1.82, 2.24) is 0 Å². The smallest absolute Gasteiger partial charge is 0.155 e. The lowest BCUT2D eigenvalue weighted by atomic mass is 9.88. The van der Waals surface area contributed by atoms with Crippen LogP contribution >= 0.6 is 0 Å². The van der Waals surface area contributed by atoms with Gasteiger partial charge in [-0.15, -0.1) is 0 Å². The van der Waals surface area contributed by atoms with Crippen molar-refractivity contribution < 1.29 is 13.6 Å². The van der Waals surface area contributed by atoms with Crippen LogP contribution in [0.3, 0.4) is 0 Å². The van der Waals surface area contributed by atoms with Crippen molar-refractivity contribution in [2.75, 3.05) is 6.26 Å². The molecule has 0 aliphatic rings. The third-order valence-electron chi connectivity index (χ3n) is 1.90. The van der Waals surface area contributed by atoms with Crippen LogP contribution in [0.15, 0.2) is 5.16 Å². The molecule has 1 unspecified atom stereocenters. The SMILES string of the molecule is CC(C(=NO)C(C)(C)C)S(C)(=O)=O. The van der Waals surface area contributed by atoms with Gasteiger partial charge in [-0.3, -0.25) is 0 Å². The van der Waals surface area contributed by atoms with Gasteiger partial charge in [0, 0.05) is 11.7 Å². The Morgan fingerprint density at radius 1 is 1.38 bits per heavy atom. The zero-order valence-electron chi connectivity index (χ0n) is 8.70. The Kier molecular flexibility index (Phi) is 3.49. The zero-order valence-corrected chi connectivity index (χ0v) is 9.51. The molecular formula is C8H17NO3S. The van der Waals surface area contributed by atoms with E-state index in [9.17, 15) is 8.42 Å². The van der Waals surface area contributed by atoms with Gasteiger partial charge in [-0.2, -0.15) is 0 Å². The molecule has 13 heavy (non-hydrogen) atoms. The molecule has 78 valence electrons. The molecule has 0 amide bonds. The maximum Gasteiger partial charge on any atom is 0.155 e. The van der Waals surface area contributed by atoms with Crippen LogP contribution in [0.5, 0.6) is 0 Å². The quantitative estimate of drug-likeness (QED) is 0.421. The zero-order chi connectivity index (χ0) is 10.9. The third kappa shape index (κ3) is 3.34. The fourth-order valence-corrected chi connectivity index (χ4v) is 1.85. The second-order valence-electron chi connectivity index (χ2n) is 4.21. The average molecular weight is 207 g/mol. The van der Waals surface area contributed by atoms with E-state index < -0.39 is 20.5 Å². The molecule has 0 saturated heterocycles. The second kappa shape index (κ2) is 3.65. The molecule has 1 N–H and O–H groups in total. The summed E-state index contributed by atoms with van der Waals surface area (Å²) in [4.78, 5) is 0. The Morgan fingerprint density at radius 3 is 1.85 bits per heavy atom. The highest BCUT2D eigenvalue weighted by molar-refractivity contribution is 7.92. The van der Waals surface area contributed by atoms with Crippen molar-refractivity contribution >= 4 is 15.5 Å². The van der Waals surface area contributed by atoms with E-state index in [1.54, 1.807) is 0 Å². The molecule has 0 aromatic rings. The second-order valence-corrected chi connectivity index (χ2v) is 6.57. The number of rotatable bonds is 2. The summed E-state index contributed by atoms with van der Waals surface area (Å²) in [7, 11) is -3.19. The van der Waals surface area contributed by atoms with Gasteiger partial charge in [0.15, 0.2) is 9.84 Å². The summed E-state index contributed by atoms with van der Waals surface area (Å²) < 4.78 is 22.4. The number of hydrogen-bond donors (Lipinski definition) is 1. The van der Waals surface area contributed by atoms with Crippen LogP contribution in [0.4, 0.5) is 0 Å². The molecule has 0 spiro atoms. The Labute approximate surface area is 79.6 Å². The minimum atomic E-state index is -3.19. The highest BCUT2D eigenvalue weighted by Crippen LogP contribution is 2.21. The topological polar surface area (TPSA) is 66.7 Å². The Hall–Kier alpha value is -0.580. The van der Waals surface area contributed by atoms with Crippen LogP contribution in [0.2, 0.25) is 0 Å². The first-order chi connectivity index (χ1) is 5.60. The Morgan fingerprint density at radius 2 is 1.77 bits per heavy atom. The van der Waals surface area contributed by atoms with Crippen molar-refractivity contribution in [2.24, 2.45) is 10.6 Å². The van der Waals surface area contributed by atoms with Crippen molar-refractivity contribution in [2.45, 2.75) is 32.9 Å². The van der Waals surface area contributed by atoms with E-state index in [0.29, 0.717) is 0 Å². The predicted molar refractivity (Wildman–Crippen MR) is 53.0 cm³/mol. The lowest BCUT2D eigenvalue weighted by Crippen LogP contribution is -2.35. The molecule has 0 saturated carbocycles. The first-order valence-corrected chi connectivity index (χ1v) is 5.97. The lowest BCUT2D eigenvalue weighted by Gasteiger charge is -2.23. The average Bonchev–Trinajstić information content (AvgIpc) is 1.83. The molecule has 0 aromatic carbocycles. The lowest BCUT2D eigenvalue weighted by molar-refractivity contribution is 0.309. The van der Waals surface area contributed by atoms with E-state index in [1.165, 1.54) is 6.92 Å². The van der Waals surface area contributed by atoms with E-state index in [1.807, 2.05) is 20.8 Å². The first kappa shape index (κ1) is 12.4. The highest BCUT2D eigenvalue weighted by Gasteiger charge is 2.31. The summed E-state index contributed by atoms with van der Waals surface area (Å²) in [6.45, 7) is 6.95. The summed E-state index contributed by atoms with van der Waals surface area (Å²) in [6, 6.07) is 0. The molecule has 4 nitrogen and oxygen atoms in total. The predicted octanol–water partition coefficient (Wildman–Crippen LogP) is 1.30. The summed E-state index contributed by atoms with van der Waals surface area (Å²) in [5.74, 6) is 0. The molecule has 0 fully saturated rings. The molecule has 5 heteroatoms. The van der Waals surface area contributed by atoms with Crippen LogP contribution in [-0.4, -0.2) is 30.8 Å². The molecule has 0 radical (unpaired) electrons. The van der Waals surface area contributed by atoms with Gasteiger partial charge >= 0.3 is 0 Å². The Bertz CT molecular complexity index is 298. The first-order valence-electron chi connectivity index (χ1n) is 4.02. The maximum absolute atomic E-state index is 11.2. The number of sulfone groups is 1. The van der Waals surface area contributed by atoms with Gasteiger partial charge in [0.1, 0.15) is 5.25 Å². The molecule has 0 heterocycles. The van der Waals surface area contributed by atoms with Crippen LogP contribution in [0.1, 0.15) is 27.7 Å². The van der Waals surface area contributed by atoms with E-state index >= 15 is 0 Å². The fourth-order valence-electron chi connectivity index (χ4n) is 1.04. The minimum absolute atomic E-state index is 0.287. The van der Waals surface area contributed by atoms with Gasteiger partial charge in [-0.05, 0) is 6.92 Å². The molecular weight excluding hydrogens is 190 g/mol. The largest absolute Gasteiger partial charge is 0.411 e. The van der Waals surface area contributed by atoms with Crippen molar-refractivity contribution in [3.8, 4) is 0 Å². The van der Waals surface area contributed by atoms with Crippen molar-refractivity contribution in [1.29, 1.82) is 0 Å². The van der Waals surface area contributed by atoms with Crippen LogP contribution in [-0.2, 0) is 9.84 Å². The molecule has 0 bridgehead atoms. The van der Waals surface area contributed by atoms with Crippen molar-refractivity contribution in [3.05, 3.63) is 0 Å². The van der Waals surface area contributed by atoms with Gasteiger partial charge in [-0.25, -0.2) is 8.42 Å². The molecule has 0 aromatic heterocycles. The highest BCUT2D eigenvalue weighted by atomic mass is 32.2. The molecule has 0 rings (SSSR count). The maximum atomic E-state index is 11.2. The van der Waals surface area contributed by atoms with Gasteiger partial charge in [0.2, 0.25) is 0 Å². The number of nitrogens with zero attached hydrogens (tertiary/aromatic N) is 1. The van der Waals surface area contributed by atoms with E-state index in [4.69, 9.17) is 5.21 Å². The van der Waals surface area contributed by atoms with Gasteiger partial charge in [0.25, 0.3) is 0 Å². The summed E-state index contributed by atoms with van der Waals surface area (Å²) in [6.07, 6.45) is 1.13. The van der Waals surface area contributed by atoms with Crippen LogP contribution < -0.4 is 0 Å². The fraction of sp³-hybridized carbons (Fsp3) is 0.875. The van der Waals surface area contributed by atoms with Gasteiger partial charge < -0.3 is 5.21 Å². The Balaban J connectivity index is 5.08. The van der Waals surface area contributed by atoms with Crippen LogP contribution in [0, 0.1) is 5.41 Å². The number of hydrogen-bond acceptors (Lipinski definition) is 4. The monoisotopic (exact) mass is 207 g/mol. The third-order valence-corrected chi connectivity index (χ3v) is 3.41. The van der Waals surface area contributed by atoms with E-state index in [-0.39, 0.29) is 5.71 Å². The number of oxime groups is 1. The summed E-state index contributed by atoms with van der Waals surface area (Å²) >= 11 is 0.